The molecule has 0 saturated carbocycles. The minimum absolute atomic E-state index is 0.427. The van der Waals surface area contributed by atoms with E-state index in [-0.39, 0.29) is 0 Å². The highest BCUT2D eigenvalue weighted by Crippen LogP contribution is 2.26. The number of hydrogen-bond acceptors (Lipinski definition) is 3. The van der Waals surface area contributed by atoms with Crippen LogP contribution in [0.3, 0.4) is 0 Å². The van der Waals surface area contributed by atoms with E-state index in [0.717, 1.165) is 11.3 Å². The Morgan fingerprint density at radius 1 is 1.33 bits per heavy atom. The van der Waals surface area contributed by atoms with Crippen LogP contribution in [0.15, 0.2) is 24.3 Å². The van der Waals surface area contributed by atoms with E-state index < -0.39 is 6.10 Å². The molecule has 1 aliphatic heterocycles. The molecule has 0 aliphatic carbocycles. The summed E-state index contributed by atoms with van der Waals surface area (Å²) in [7, 11) is 0. The Bertz CT molecular complexity index is 431. The smallest absolute Gasteiger partial charge is 0.0781 e. The van der Waals surface area contributed by atoms with Crippen molar-refractivity contribution in [2.24, 2.45) is 5.92 Å². The fourth-order valence-electron chi connectivity index (χ4n) is 3.37. The number of anilines is 1. The van der Waals surface area contributed by atoms with Gasteiger partial charge in [0.25, 0.3) is 0 Å². The predicted molar refractivity (Wildman–Crippen MR) is 89.6 cm³/mol. The average molecular weight is 290 g/mol. The van der Waals surface area contributed by atoms with Crippen molar-refractivity contribution in [3.05, 3.63) is 29.8 Å². The first-order chi connectivity index (χ1) is 10.1. The Kier molecular flexibility index (Phi) is 6.07. The van der Waals surface area contributed by atoms with E-state index in [4.69, 9.17) is 0 Å². The van der Waals surface area contributed by atoms with Gasteiger partial charge in [-0.25, -0.2) is 0 Å². The van der Waals surface area contributed by atoms with Crippen LogP contribution in [-0.4, -0.2) is 35.7 Å². The highest BCUT2D eigenvalue weighted by molar-refractivity contribution is 5.52. The lowest BCUT2D eigenvalue weighted by atomic mass is 9.91. The molecule has 2 rings (SSSR count). The second-order valence-electron chi connectivity index (χ2n) is 6.40. The van der Waals surface area contributed by atoms with Crippen LogP contribution < -0.4 is 5.32 Å². The second kappa shape index (κ2) is 7.81. The van der Waals surface area contributed by atoms with Crippen LogP contribution in [-0.2, 0) is 0 Å². The SMILES string of the molecule is CCCN1CCCC(C(C)Nc2ccccc2C(C)O)C1. The van der Waals surface area contributed by atoms with Gasteiger partial charge in [-0.2, -0.15) is 0 Å². The summed E-state index contributed by atoms with van der Waals surface area (Å²) >= 11 is 0. The molecule has 118 valence electrons. The molecule has 0 amide bonds. The molecule has 3 atom stereocenters. The highest BCUT2D eigenvalue weighted by Gasteiger charge is 2.24. The molecule has 1 aliphatic rings. The van der Waals surface area contributed by atoms with Gasteiger partial charge in [-0.15, -0.1) is 0 Å². The summed E-state index contributed by atoms with van der Waals surface area (Å²) in [5.41, 5.74) is 2.07. The monoisotopic (exact) mass is 290 g/mol. The van der Waals surface area contributed by atoms with Gasteiger partial charge < -0.3 is 15.3 Å². The summed E-state index contributed by atoms with van der Waals surface area (Å²) in [5, 5.41) is 13.5. The average Bonchev–Trinajstić information content (AvgIpc) is 2.48. The van der Waals surface area contributed by atoms with E-state index in [1.54, 1.807) is 0 Å². The number of hydrogen-bond donors (Lipinski definition) is 2. The fraction of sp³-hybridized carbons (Fsp3) is 0.667. The highest BCUT2D eigenvalue weighted by atomic mass is 16.3. The number of aliphatic hydroxyl groups excluding tert-OH is 1. The zero-order valence-electron chi connectivity index (χ0n) is 13.7. The number of nitrogens with one attached hydrogen (secondary N) is 1. The lowest BCUT2D eigenvalue weighted by Gasteiger charge is -2.36. The predicted octanol–water partition coefficient (Wildman–Crippen LogP) is 3.66. The first-order valence-electron chi connectivity index (χ1n) is 8.37. The van der Waals surface area contributed by atoms with E-state index in [0.29, 0.717) is 12.0 Å². The topological polar surface area (TPSA) is 35.5 Å². The van der Waals surface area contributed by atoms with E-state index in [1.807, 2.05) is 25.1 Å². The van der Waals surface area contributed by atoms with Crippen molar-refractivity contribution in [2.75, 3.05) is 25.0 Å². The molecular weight excluding hydrogens is 260 g/mol. The van der Waals surface area contributed by atoms with E-state index >= 15 is 0 Å². The molecular formula is C18H30N2O. The van der Waals surface area contributed by atoms with Gasteiger partial charge in [0, 0.05) is 23.8 Å². The Morgan fingerprint density at radius 3 is 2.81 bits per heavy atom. The quantitative estimate of drug-likeness (QED) is 0.839. The van der Waals surface area contributed by atoms with Gasteiger partial charge in [0.2, 0.25) is 0 Å². The maximum Gasteiger partial charge on any atom is 0.0781 e. The zero-order valence-corrected chi connectivity index (χ0v) is 13.7. The molecule has 3 heteroatoms. The second-order valence-corrected chi connectivity index (χ2v) is 6.40. The summed E-state index contributed by atoms with van der Waals surface area (Å²) in [4.78, 5) is 2.59. The fourth-order valence-corrected chi connectivity index (χ4v) is 3.37. The molecule has 0 bridgehead atoms. The van der Waals surface area contributed by atoms with Crippen LogP contribution in [0.5, 0.6) is 0 Å². The standard InChI is InChI=1S/C18H30N2O/c1-4-11-20-12-7-8-16(13-20)14(2)19-18-10-6-5-9-17(18)15(3)21/h5-6,9-10,14-16,19,21H,4,7-8,11-13H2,1-3H3. The minimum atomic E-state index is -0.427. The zero-order chi connectivity index (χ0) is 15.2. The van der Waals surface area contributed by atoms with Crippen molar-refractivity contribution in [1.29, 1.82) is 0 Å². The molecule has 0 radical (unpaired) electrons. The molecule has 21 heavy (non-hydrogen) atoms. The molecule has 0 aromatic heterocycles. The lowest BCUT2D eigenvalue weighted by molar-refractivity contribution is 0.165. The number of para-hydroxylation sites is 1. The van der Waals surface area contributed by atoms with Crippen molar-refractivity contribution in [3.63, 3.8) is 0 Å². The number of rotatable bonds is 6. The van der Waals surface area contributed by atoms with E-state index in [1.165, 1.54) is 38.9 Å². The Labute approximate surface area is 129 Å². The Balaban J connectivity index is 1.99. The largest absolute Gasteiger partial charge is 0.389 e. The van der Waals surface area contributed by atoms with Crippen molar-refractivity contribution in [2.45, 2.75) is 52.2 Å². The van der Waals surface area contributed by atoms with Crippen LogP contribution in [0.25, 0.3) is 0 Å². The Hall–Kier alpha value is -1.06. The molecule has 1 saturated heterocycles. The maximum absolute atomic E-state index is 9.89. The first kappa shape index (κ1) is 16.3. The van der Waals surface area contributed by atoms with E-state index in [9.17, 15) is 5.11 Å². The molecule has 1 aromatic rings. The van der Waals surface area contributed by atoms with Crippen LogP contribution >= 0.6 is 0 Å². The summed E-state index contributed by atoms with van der Waals surface area (Å²) in [5.74, 6) is 0.687. The number of aliphatic hydroxyl groups is 1. The van der Waals surface area contributed by atoms with Crippen molar-refractivity contribution in [1.82, 2.24) is 4.90 Å². The van der Waals surface area contributed by atoms with Crippen molar-refractivity contribution in [3.8, 4) is 0 Å². The van der Waals surface area contributed by atoms with Crippen LogP contribution in [0.2, 0.25) is 0 Å². The molecule has 1 heterocycles. The summed E-state index contributed by atoms with van der Waals surface area (Å²) in [6, 6.07) is 8.53. The van der Waals surface area contributed by atoms with Crippen LogP contribution in [0.4, 0.5) is 5.69 Å². The lowest BCUT2D eigenvalue weighted by Crippen LogP contribution is -2.42. The van der Waals surface area contributed by atoms with Crippen LogP contribution in [0.1, 0.15) is 51.7 Å². The molecule has 3 nitrogen and oxygen atoms in total. The summed E-state index contributed by atoms with van der Waals surface area (Å²) < 4.78 is 0. The minimum Gasteiger partial charge on any atom is -0.389 e. The van der Waals surface area contributed by atoms with Gasteiger partial charge in [-0.3, -0.25) is 0 Å². The molecule has 0 spiro atoms. The number of nitrogens with zero attached hydrogens (tertiary/aromatic N) is 1. The third kappa shape index (κ3) is 4.45. The van der Waals surface area contributed by atoms with Gasteiger partial charge in [0.15, 0.2) is 0 Å². The molecule has 2 N–H and O–H groups in total. The molecule has 1 fully saturated rings. The third-order valence-electron chi connectivity index (χ3n) is 4.58. The summed E-state index contributed by atoms with van der Waals surface area (Å²) in [6.45, 7) is 10.0. The van der Waals surface area contributed by atoms with Crippen molar-refractivity contribution >= 4 is 5.69 Å². The van der Waals surface area contributed by atoms with Gasteiger partial charge in [-0.1, -0.05) is 25.1 Å². The Morgan fingerprint density at radius 2 is 2.10 bits per heavy atom. The number of benzene rings is 1. The normalized spacial score (nSPS) is 22.8. The van der Waals surface area contributed by atoms with Gasteiger partial charge in [0.1, 0.15) is 0 Å². The number of piperidine rings is 1. The molecule has 3 unspecified atom stereocenters. The third-order valence-corrected chi connectivity index (χ3v) is 4.58. The van der Waals surface area contributed by atoms with Crippen molar-refractivity contribution < 1.29 is 5.11 Å². The van der Waals surface area contributed by atoms with E-state index in [2.05, 4.69) is 30.1 Å². The molecule has 1 aromatic carbocycles. The maximum atomic E-state index is 9.89. The number of likely N-dealkylation sites (tertiary alicyclic amines) is 1. The van der Waals surface area contributed by atoms with Gasteiger partial charge >= 0.3 is 0 Å². The van der Waals surface area contributed by atoms with Gasteiger partial charge in [-0.05, 0) is 58.2 Å². The van der Waals surface area contributed by atoms with Gasteiger partial charge in [0.05, 0.1) is 6.10 Å². The van der Waals surface area contributed by atoms with Crippen LogP contribution in [0, 0.1) is 5.92 Å². The first-order valence-corrected chi connectivity index (χ1v) is 8.37. The summed E-state index contributed by atoms with van der Waals surface area (Å²) in [6.07, 6.45) is 3.41.